The minimum atomic E-state index is -0.379. The van der Waals surface area contributed by atoms with E-state index in [9.17, 15) is 0 Å². The molecule has 2 rings (SSSR count). The average Bonchev–Trinajstić information content (AvgIpc) is 2.96. The van der Waals surface area contributed by atoms with Crippen LogP contribution in [0.1, 0.15) is 25.7 Å². The molecule has 1 atom stereocenters. The van der Waals surface area contributed by atoms with E-state index in [0.29, 0.717) is 31.5 Å². The van der Waals surface area contributed by atoms with Crippen molar-refractivity contribution in [2.24, 2.45) is 5.73 Å². The molecular formula is C14H19N3O3. The first-order chi connectivity index (χ1) is 9.74. The molecule has 0 aliphatic rings. The largest absolute Gasteiger partial charge is 0.494 e. The molecule has 20 heavy (non-hydrogen) atoms. The van der Waals surface area contributed by atoms with Gasteiger partial charge >= 0.3 is 0 Å². The number of benzene rings is 1. The van der Waals surface area contributed by atoms with Crippen molar-refractivity contribution in [2.45, 2.75) is 19.9 Å². The zero-order chi connectivity index (χ0) is 14.4. The first kappa shape index (κ1) is 14.5. The first-order valence-electron chi connectivity index (χ1n) is 6.64. The maximum Gasteiger partial charge on any atom is 0.257 e. The van der Waals surface area contributed by atoms with Gasteiger partial charge in [0.25, 0.3) is 5.89 Å². The van der Waals surface area contributed by atoms with Crippen molar-refractivity contribution in [3.8, 4) is 17.2 Å². The SMILES string of the molecule is CCOCC(N)c1noc(-c2ccc(OCC)cc2)n1. The molecule has 2 aromatic rings. The molecule has 0 radical (unpaired) electrons. The second-order valence-electron chi connectivity index (χ2n) is 4.18. The van der Waals surface area contributed by atoms with E-state index >= 15 is 0 Å². The van der Waals surface area contributed by atoms with Gasteiger partial charge in [0, 0.05) is 12.2 Å². The van der Waals surface area contributed by atoms with Crippen LogP contribution in [0.2, 0.25) is 0 Å². The van der Waals surface area contributed by atoms with Gasteiger partial charge in [-0.3, -0.25) is 0 Å². The van der Waals surface area contributed by atoms with Gasteiger partial charge in [0.1, 0.15) is 5.75 Å². The number of rotatable bonds is 7. The van der Waals surface area contributed by atoms with Crippen molar-refractivity contribution in [1.82, 2.24) is 10.1 Å². The Morgan fingerprint density at radius 1 is 1.20 bits per heavy atom. The molecule has 6 nitrogen and oxygen atoms in total. The zero-order valence-electron chi connectivity index (χ0n) is 11.7. The van der Waals surface area contributed by atoms with Crippen LogP contribution < -0.4 is 10.5 Å². The molecule has 0 bridgehead atoms. The van der Waals surface area contributed by atoms with E-state index in [1.54, 1.807) is 0 Å². The number of aromatic nitrogens is 2. The Bertz CT molecular complexity index is 525. The van der Waals surface area contributed by atoms with Crippen LogP contribution in [0, 0.1) is 0 Å². The number of nitrogens with two attached hydrogens (primary N) is 1. The third kappa shape index (κ3) is 3.55. The lowest BCUT2D eigenvalue weighted by Crippen LogP contribution is -2.18. The zero-order valence-corrected chi connectivity index (χ0v) is 11.7. The van der Waals surface area contributed by atoms with Gasteiger partial charge in [-0.1, -0.05) is 5.16 Å². The van der Waals surface area contributed by atoms with Crippen LogP contribution in [0.15, 0.2) is 28.8 Å². The summed E-state index contributed by atoms with van der Waals surface area (Å²) in [5, 5.41) is 3.88. The third-order valence-electron chi connectivity index (χ3n) is 2.69. The first-order valence-corrected chi connectivity index (χ1v) is 6.64. The lowest BCUT2D eigenvalue weighted by molar-refractivity contribution is 0.130. The van der Waals surface area contributed by atoms with Crippen LogP contribution >= 0.6 is 0 Å². The number of hydrogen-bond acceptors (Lipinski definition) is 6. The van der Waals surface area contributed by atoms with Crippen molar-refractivity contribution in [1.29, 1.82) is 0 Å². The summed E-state index contributed by atoms with van der Waals surface area (Å²) in [5.41, 5.74) is 6.74. The maximum atomic E-state index is 5.91. The minimum absolute atomic E-state index is 0.374. The lowest BCUT2D eigenvalue weighted by atomic mass is 10.2. The fraction of sp³-hybridized carbons (Fsp3) is 0.429. The van der Waals surface area contributed by atoms with Crippen LogP contribution in [0.4, 0.5) is 0 Å². The van der Waals surface area contributed by atoms with Crippen molar-refractivity contribution < 1.29 is 14.0 Å². The molecule has 1 unspecified atom stereocenters. The predicted octanol–water partition coefficient (Wildman–Crippen LogP) is 2.17. The van der Waals surface area contributed by atoms with Gasteiger partial charge in [-0.2, -0.15) is 4.98 Å². The molecule has 0 saturated carbocycles. The Labute approximate surface area is 117 Å². The third-order valence-corrected chi connectivity index (χ3v) is 2.69. The molecular weight excluding hydrogens is 258 g/mol. The summed E-state index contributed by atoms with van der Waals surface area (Å²) >= 11 is 0. The maximum absolute atomic E-state index is 5.91. The summed E-state index contributed by atoms with van der Waals surface area (Å²) in [6.45, 7) is 5.47. The Balaban J connectivity index is 2.07. The van der Waals surface area contributed by atoms with Crippen LogP contribution in [0.5, 0.6) is 5.75 Å². The number of ether oxygens (including phenoxy) is 2. The van der Waals surface area contributed by atoms with Crippen molar-refractivity contribution >= 4 is 0 Å². The van der Waals surface area contributed by atoms with Crippen LogP contribution in [0.3, 0.4) is 0 Å². The summed E-state index contributed by atoms with van der Waals surface area (Å²) in [4.78, 5) is 4.29. The van der Waals surface area contributed by atoms with Crippen molar-refractivity contribution in [3.63, 3.8) is 0 Å². The van der Waals surface area contributed by atoms with E-state index < -0.39 is 0 Å². The molecule has 2 N–H and O–H groups in total. The van der Waals surface area contributed by atoms with E-state index in [0.717, 1.165) is 11.3 Å². The van der Waals surface area contributed by atoms with E-state index in [1.165, 1.54) is 0 Å². The van der Waals surface area contributed by atoms with E-state index in [1.807, 2.05) is 38.1 Å². The topological polar surface area (TPSA) is 83.4 Å². The highest BCUT2D eigenvalue weighted by Gasteiger charge is 2.15. The molecule has 1 heterocycles. The second-order valence-corrected chi connectivity index (χ2v) is 4.18. The summed E-state index contributed by atoms with van der Waals surface area (Å²) in [6.07, 6.45) is 0. The van der Waals surface area contributed by atoms with Crippen molar-refractivity contribution in [2.75, 3.05) is 19.8 Å². The smallest absolute Gasteiger partial charge is 0.257 e. The molecule has 0 amide bonds. The normalized spacial score (nSPS) is 12.3. The lowest BCUT2D eigenvalue weighted by Gasteiger charge is -2.05. The van der Waals surface area contributed by atoms with Gasteiger partial charge in [0.15, 0.2) is 5.82 Å². The predicted molar refractivity (Wildman–Crippen MR) is 74.3 cm³/mol. The van der Waals surface area contributed by atoms with Gasteiger partial charge in [-0.25, -0.2) is 0 Å². The number of hydrogen-bond donors (Lipinski definition) is 1. The summed E-state index contributed by atoms with van der Waals surface area (Å²) in [7, 11) is 0. The number of nitrogens with zero attached hydrogens (tertiary/aromatic N) is 2. The average molecular weight is 277 g/mol. The van der Waals surface area contributed by atoms with Gasteiger partial charge in [-0.05, 0) is 38.1 Å². The van der Waals surface area contributed by atoms with Crippen molar-refractivity contribution in [3.05, 3.63) is 30.1 Å². The Morgan fingerprint density at radius 2 is 1.95 bits per heavy atom. The second kappa shape index (κ2) is 7.02. The Kier molecular flexibility index (Phi) is 5.09. The molecule has 0 fully saturated rings. The van der Waals surface area contributed by atoms with Gasteiger partial charge in [-0.15, -0.1) is 0 Å². The Morgan fingerprint density at radius 3 is 2.60 bits per heavy atom. The molecule has 108 valence electrons. The van der Waals surface area contributed by atoms with Crippen LogP contribution in [0.25, 0.3) is 11.5 Å². The fourth-order valence-corrected chi connectivity index (χ4v) is 1.68. The highest BCUT2D eigenvalue weighted by atomic mass is 16.5. The summed E-state index contributed by atoms with van der Waals surface area (Å²) in [5.74, 6) is 1.70. The molecule has 6 heteroatoms. The molecule has 0 aliphatic heterocycles. The van der Waals surface area contributed by atoms with E-state index in [2.05, 4.69) is 10.1 Å². The minimum Gasteiger partial charge on any atom is -0.494 e. The monoisotopic (exact) mass is 277 g/mol. The molecule has 0 spiro atoms. The van der Waals surface area contributed by atoms with Gasteiger partial charge < -0.3 is 19.7 Å². The quantitative estimate of drug-likeness (QED) is 0.835. The summed E-state index contributed by atoms with van der Waals surface area (Å²) < 4.78 is 15.8. The standard InChI is InChI=1S/C14H19N3O3/c1-3-18-9-12(15)13-16-14(20-17-13)10-5-7-11(8-6-10)19-4-2/h5-8,12H,3-4,9,15H2,1-2H3. The van der Waals surface area contributed by atoms with Gasteiger partial charge in [0.05, 0.1) is 19.3 Å². The van der Waals surface area contributed by atoms with Crippen LogP contribution in [-0.4, -0.2) is 30.0 Å². The highest BCUT2D eigenvalue weighted by molar-refractivity contribution is 5.54. The fourth-order valence-electron chi connectivity index (χ4n) is 1.68. The molecule has 0 saturated heterocycles. The summed E-state index contributed by atoms with van der Waals surface area (Å²) in [6, 6.07) is 7.09. The molecule has 1 aromatic heterocycles. The van der Waals surface area contributed by atoms with E-state index in [-0.39, 0.29) is 6.04 Å². The molecule has 1 aromatic carbocycles. The van der Waals surface area contributed by atoms with Gasteiger partial charge in [0.2, 0.25) is 0 Å². The highest BCUT2D eigenvalue weighted by Crippen LogP contribution is 2.22. The Hall–Kier alpha value is -1.92. The van der Waals surface area contributed by atoms with E-state index in [4.69, 9.17) is 19.7 Å². The van der Waals surface area contributed by atoms with Crippen LogP contribution in [-0.2, 0) is 4.74 Å². The molecule has 0 aliphatic carbocycles.